The van der Waals surface area contributed by atoms with E-state index in [1.54, 1.807) is 6.92 Å². The van der Waals surface area contributed by atoms with Gasteiger partial charge in [-0.2, -0.15) is 4.31 Å². The quantitative estimate of drug-likeness (QED) is 0.837. The maximum Gasteiger partial charge on any atom is 0.335 e. The van der Waals surface area contributed by atoms with E-state index in [1.807, 2.05) is 6.92 Å². The molecule has 0 fully saturated rings. The van der Waals surface area contributed by atoms with Crippen molar-refractivity contribution >= 4 is 16.0 Å². The minimum absolute atomic E-state index is 0.0840. The van der Waals surface area contributed by atoms with Crippen molar-refractivity contribution in [1.82, 2.24) is 4.31 Å². The molecule has 8 heteroatoms. The summed E-state index contributed by atoms with van der Waals surface area (Å²) in [6.45, 7) is 3.68. The molecule has 0 bridgehead atoms. The summed E-state index contributed by atoms with van der Waals surface area (Å²) in [4.78, 5) is 9.91. The van der Waals surface area contributed by atoms with Gasteiger partial charge in [0, 0.05) is 13.1 Å². The summed E-state index contributed by atoms with van der Waals surface area (Å²) >= 11 is 0. The van der Waals surface area contributed by atoms with Crippen LogP contribution in [0.3, 0.4) is 0 Å². The number of benzene rings is 1. The second-order valence-electron chi connectivity index (χ2n) is 4.43. The van der Waals surface area contributed by atoms with Crippen LogP contribution in [-0.4, -0.2) is 36.9 Å². The molecule has 1 aromatic carbocycles. The first-order valence-corrected chi connectivity index (χ1v) is 7.92. The second-order valence-corrected chi connectivity index (χ2v) is 6.33. The van der Waals surface area contributed by atoms with Gasteiger partial charge in [0.2, 0.25) is 10.0 Å². The number of hydrogen-bond acceptors (Lipinski definition) is 3. The molecule has 0 aliphatic carbocycles. The van der Waals surface area contributed by atoms with Crippen LogP contribution in [0.5, 0.6) is 0 Å². The Morgan fingerprint density at radius 3 is 2.38 bits per heavy atom. The monoisotopic (exact) mass is 321 g/mol. The van der Waals surface area contributed by atoms with E-state index >= 15 is 0 Å². The number of aromatic carboxylic acids is 1. The smallest absolute Gasteiger partial charge is 0.335 e. The Balaban J connectivity index is 3.39. The first-order chi connectivity index (χ1) is 9.75. The highest BCUT2D eigenvalue weighted by Crippen LogP contribution is 2.23. The predicted octanol–water partition coefficient (Wildman–Crippen LogP) is 2.47. The Labute approximate surface area is 122 Å². The Hall–Kier alpha value is -1.54. The van der Waals surface area contributed by atoms with Crippen LogP contribution in [0.15, 0.2) is 17.0 Å². The van der Waals surface area contributed by atoms with Crippen LogP contribution < -0.4 is 0 Å². The van der Waals surface area contributed by atoms with Gasteiger partial charge in [-0.25, -0.2) is 22.0 Å². The molecule has 1 aromatic rings. The Kier molecular flexibility index (Phi) is 5.79. The molecule has 0 heterocycles. The van der Waals surface area contributed by atoms with E-state index in [-0.39, 0.29) is 13.1 Å². The number of sulfonamides is 1. The van der Waals surface area contributed by atoms with E-state index in [9.17, 15) is 22.0 Å². The largest absolute Gasteiger partial charge is 0.478 e. The lowest BCUT2D eigenvalue weighted by atomic mass is 10.2. The highest BCUT2D eigenvalue weighted by atomic mass is 32.2. The van der Waals surface area contributed by atoms with Gasteiger partial charge in [-0.15, -0.1) is 0 Å². The summed E-state index contributed by atoms with van der Waals surface area (Å²) in [7, 11) is -4.28. The van der Waals surface area contributed by atoms with Gasteiger partial charge >= 0.3 is 5.97 Å². The average Bonchev–Trinajstić information content (AvgIpc) is 2.41. The van der Waals surface area contributed by atoms with E-state index in [2.05, 4.69) is 0 Å². The van der Waals surface area contributed by atoms with Crippen LogP contribution in [0.4, 0.5) is 8.78 Å². The fraction of sp³-hybridized carbons (Fsp3) is 0.462. The number of carboxylic acids is 1. The third-order valence-electron chi connectivity index (χ3n) is 2.97. The fourth-order valence-corrected chi connectivity index (χ4v) is 3.38. The van der Waals surface area contributed by atoms with Gasteiger partial charge in [-0.05, 0) is 18.6 Å². The summed E-state index contributed by atoms with van der Waals surface area (Å²) < 4.78 is 52.9. The molecule has 0 unspecified atom stereocenters. The maximum absolute atomic E-state index is 13.8. The summed E-state index contributed by atoms with van der Waals surface area (Å²) in [6.07, 6.45) is 1.30. The minimum Gasteiger partial charge on any atom is -0.478 e. The van der Waals surface area contributed by atoms with Crippen molar-refractivity contribution in [2.45, 2.75) is 31.6 Å². The lowest BCUT2D eigenvalue weighted by molar-refractivity contribution is 0.0696. The molecule has 0 amide bonds. The topological polar surface area (TPSA) is 74.7 Å². The van der Waals surface area contributed by atoms with Crippen molar-refractivity contribution in [2.24, 2.45) is 0 Å². The molecule has 0 aliphatic heterocycles. The third kappa shape index (κ3) is 3.76. The molecule has 0 saturated carbocycles. The lowest BCUT2D eigenvalue weighted by Gasteiger charge is -2.20. The zero-order chi connectivity index (χ0) is 16.2. The van der Waals surface area contributed by atoms with E-state index in [1.165, 1.54) is 0 Å². The molecule has 21 heavy (non-hydrogen) atoms. The van der Waals surface area contributed by atoms with Gasteiger partial charge in [0.15, 0.2) is 11.6 Å². The Morgan fingerprint density at radius 2 is 1.90 bits per heavy atom. The number of unbranched alkanes of at least 4 members (excludes halogenated alkanes) is 1. The van der Waals surface area contributed by atoms with E-state index in [0.29, 0.717) is 18.6 Å². The van der Waals surface area contributed by atoms with Crippen molar-refractivity contribution in [1.29, 1.82) is 0 Å². The Morgan fingerprint density at radius 1 is 1.29 bits per heavy atom. The SMILES string of the molecule is CCCCN(CC)S(=O)(=O)c1cc(C(=O)O)cc(F)c1F. The van der Waals surface area contributed by atoms with Gasteiger partial charge in [-0.3, -0.25) is 0 Å². The zero-order valence-electron chi connectivity index (χ0n) is 11.8. The summed E-state index contributed by atoms with van der Waals surface area (Å²) in [5.74, 6) is -4.59. The van der Waals surface area contributed by atoms with E-state index in [4.69, 9.17) is 5.11 Å². The van der Waals surface area contributed by atoms with Crippen LogP contribution in [0.1, 0.15) is 37.0 Å². The number of carbonyl (C=O) groups is 1. The maximum atomic E-state index is 13.8. The third-order valence-corrected chi connectivity index (χ3v) is 4.95. The van der Waals surface area contributed by atoms with Gasteiger partial charge in [0.25, 0.3) is 0 Å². The van der Waals surface area contributed by atoms with Crippen molar-refractivity contribution < 1.29 is 27.1 Å². The van der Waals surface area contributed by atoms with E-state index in [0.717, 1.165) is 10.7 Å². The standard InChI is InChI=1S/C13H17F2NO4S/c1-3-5-6-16(4-2)21(19,20)11-8-9(13(17)18)7-10(14)12(11)15/h7-8H,3-6H2,1-2H3,(H,17,18). The van der Waals surface area contributed by atoms with Crippen molar-refractivity contribution in [3.63, 3.8) is 0 Å². The minimum atomic E-state index is -4.28. The first-order valence-electron chi connectivity index (χ1n) is 6.48. The molecule has 0 saturated heterocycles. The number of rotatable bonds is 7. The van der Waals surface area contributed by atoms with Crippen molar-refractivity contribution in [3.8, 4) is 0 Å². The average molecular weight is 321 g/mol. The zero-order valence-corrected chi connectivity index (χ0v) is 12.6. The molecule has 118 valence electrons. The van der Waals surface area contributed by atoms with Gasteiger partial charge < -0.3 is 5.11 Å². The summed E-state index contributed by atoms with van der Waals surface area (Å²) in [5.41, 5.74) is -0.612. The number of halogens is 2. The summed E-state index contributed by atoms with van der Waals surface area (Å²) in [5, 5.41) is 8.83. The molecule has 0 aliphatic rings. The molecule has 5 nitrogen and oxygen atoms in total. The normalized spacial score (nSPS) is 11.9. The van der Waals surface area contributed by atoms with E-state index < -0.39 is 38.1 Å². The number of hydrogen-bond donors (Lipinski definition) is 1. The van der Waals surface area contributed by atoms with Gasteiger partial charge in [0.1, 0.15) is 4.90 Å². The molecule has 0 atom stereocenters. The van der Waals surface area contributed by atoms with Crippen LogP contribution in [0.25, 0.3) is 0 Å². The van der Waals surface area contributed by atoms with Gasteiger partial charge in [0.05, 0.1) is 5.56 Å². The molecule has 0 aromatic heterocycles. The first kappa shape index (κ1) is 17.5. The fourth-order valence-electron chi connectivity index (χ4n) is 1.80. The lowest BCUT2D eigenvalue weighted by Crippen LogP contribution is -2.32. The molecule has 1 rings (SSSR count). The van der Waals surface area contributed by atoms with Crippen LogP contribution in [0, 0.1) is 11.6 Å². The van der Waals surface area contributed by atoms with Crippen molar-refractivity contribution in [3.05, 3.63) is 29.3 Å². The molecule has 1 N–H and O–H groups in total. The molecule has 0 radical (unpaired) electrons. The number of nitrogens with zero attached hydrogens (tertiary/aromatic N) is 1. The second kappa shape index (κ2) is 6.95. The van der Waals surface area contributed by atoms with Crippen LogP contribution in [-0.2, 0) is 10.0 Å². The highest BCUT2D eigenvalue weighted by Gasteiger charge is 2.29. The van der Waals surface area contributed by atoms with Crippen molar-refractivity contribution in [2.75, 3.05) is 13.1 Å². The number of carboxylic acid groups (broad SMARTS) is 1. The van der Waals surface area contributed by atoms with Gasteiger partial charge in [-0.1, -0.05) is 20.3 Å². The van der Waals surface area contributed by atoms with Crippen LogP contribution >= 0.6 is 0 Å². The highest BCUT2D eigenvalue weighted by molar-refractivity contribution is 7.89. The predicted molar refractivity (Wildman–Crippen MR) is 72.7 cm³/mol. The molecular formula is C13H17F2NO4S. The molecule has 0 spiro atoms. The molecular weight excluding hydrogens is 304 g/mol. The summed E-state index contributed by atoms with van der Waals surface area (Å²) in [6, 6.07) is 1.10. The van der Waals surface area contributed by atoms with Crippen LogP contribution in [0.2, 0.25) is 0 Å². The Bertz CT molecular complexity index is 631.